The highest BCUT2D eigenvalue weighted by Gasteiger charge is 2.10. The summed E-state index contributed by atoms with van der Waals surface area (Å²) >= 11 is 4.85. The van der Waals surface area contributed by atoms with E-state index in [0.29, 0.717) is 11.1 Å². The lowest BCUT2D eigenvalue weighted by molar-refractivity contribution is 0.103. The molecule has 2 rings (SSSR count). The molecule has 0 saturated carbocycles. The number of thiophene rings is 1. The summed E-state index contributed by atoms with van der Waals surface area (Å²) in [6, 6.07) is 3.68. The van der Waals surface area contributed by atoms with Crippen molar-refractivity contribution >= 4 is 33.0 Å². The van der Waals surface area contributed by atoms with Gasteiger partial charge in [-0.2, -0.15) is 0 Å². The maximum absolute atomic E-state index is 12.0. The van der Waals surface area contributed by atoms with E-state index in [9.17, 15) is 4.79 Å². The standard InChI is InChI=1S/C11H8BrNOS/c1-7-2-8(5-13-4-7)11(14)9-3-10(12)15-6-9/h2-6H,1H3. The van der Waals surface area contributed by atoms with Crippen LogP contribution in [0.2, 0.25) is 0 Å². The molecule has 0 unspecified atom stereocenters. The van der Waals surface area contributed by atoms with Crippen LogP contribution in [-0.2, 0) is 0 Å². The fourth-order valence-electron chi connectivity index (χ4n) is 1.27. The number of hydrogen-bond acceptors (Lipinski definition) is 3. The SMILES string of the molecule is Cc1cncc(C(=O)c2csc(Br)c2)c1. The van der Waals surface area contributed by atoms with Gasteiger partial charge in [-0.1, -0.05) is 0 Å². The monoisotopic (exact) mass is 281 g/mol. The minimum Gasteiger partial charge on any atom is -0.289 e. The summed E-state index contributed by atoms with van der Waals surface area (Å²) in [5.41, 5.74) is 2.34. The quantitative estimate of drug-likeness (QED) is 0.790. The second kappa shape index (κ2) is 4.24. The highest BCUT2D eigenvalue weighted by atomic mass is 79.9. The molecule has 4 heteroatoms. The predicted molar refractivity (Wildman–Crippen MR) is 64.4 cm³/mol. The third-order valence-corrected chi connectivity index (χ3v) is 3.47. The van der Waals surface area contributed by atoms with Crippen LogP contribution in [0.15, 0.2) is 33.7 Å². The largest absolute Gasteiger partial charge is 0.289 e. The van der Waals surface area contributed by atoms with E-state index in [1.807, 2.05) is 24.4 Å². The van der Waals surface area contributed by atoms with E-state index in [-0.39, 0.29) is 5.78 Å². The second-order valence-corrected chi connectivity index (χ2v) is 5.51. The first-order chi connectivity index (χ1) is 7.16. The number of carbonyl (C=O) groups is 1. The average Bonchev–Trinajstić information content (AvgIpc) is 2.64. The van der Waals surface area contributed by atoms with Gasteiger partial charge in [-0.25, -0.2) is 0 Å². The lowest BCUT2D eigenvalue weighted by Gasteiger charge is -1.98. The van der Waals surface area contributed by atoms with Crippen molar-refractivity contribution in [3.8, 4) is 0 Å². The lowest BCUT2D eigenvalue weighted by Crippen LogP contribution is -2.00. The molecule has 2 heterocycles. The fraction of sp³-hybridized carbons (Fsp3) is 0.0909. The van der Waals surface area contributed by atoms with Crippen LogP contribution in [0.5, 0.6) is 0 Å². The Labute approximate surface area is 100 Å². The minimum atomic E-state index is 0.0214. The smallest absolute Gasteiger partial charge is 0.195 e. The van der Waals surface area contributed by atoms with E-state index in [1.165, 1.54) is 11.3 Å². The molecule has 0 aliphatic carbocycles. The van der Waals surface area contributed by atoms with Gasteiger partial charge in [-0.15, -0.1) is 11.3 Å². The number of nitrogens with zero attached hydrogens (tertiary/aromatic N) is 1. The number of aromatic nitrogens is 1. The summed E-state index contributed by atoms with van der Waals surface area (Å²) in [7, 11) is 0. The normalized spacial score (nSPS) is 10.3. The maximum Gasteiger partial charge on any atom is 0.195 e. The first-order valence-corrected chi connectivity index (χ1v) is 6.04. The molecule has 0 amide bonds. The molecule has 0 radical (unpaired) electrons. The zero-order chi connectivity index (χ0) is 10.8. The number of ketones is 1. The van der Waals surface area contributed by atoms with Crippen molar-refractivity contribution in [3.63, 3.8) is 0 Å². The van der Waals surface area contributed by atoms with Crippen LogP contribution in [0.25, 0.3) is 0 Å². The van der Waals surface area contributed by atoms with Gasteiger partial charge in [0.15, 0.2) is 5.78 Å². The number of pyridine rings is 1. The van der Waals surface area contributed by atoms with Gasteiger partial charge < -0.3 is 0 Å². The van der Waals surface area contributed by atoms with Crippen molar-refractivity contribution in [1.82, 2.24) is 4.98 Å². The Kier molecular flexibility index (Phi) is 2.98. The van der Waals surface area contributed by atoms with E-state index in [4.69, 9.17) is 0 Å². The maximum atomic E-state index is 12.0. The fourth-order valence-corrected chi connectivity index (χ4v) is 2.41. The topological polar surface area (TPSA) is 30.0 Å². The first-order valence-electron chi connectivity index (χ1n) is 4.37. The van der Waals surface area contributed by atoms with E-state index in [1.54, 1.807) is 12.4 Å². The van der Waals surface area contributed by atoms with Gasteiger partial charge in [-0.05, 0) is 40.5 Å². The molecular formula is C11H8BrNOS. The Balaban J connectivity index is 2.36. The van der Waals surface area contributed by atoms with Crippen LogP contribution in [0.4, 0.5) is 0 Å². The van der Waals surface area contributed by atoms with Gasteiger partial charge in [-0.3, -0.25) is 9.78 Å². The average molecular weight is 282 g/mol. The van der Waals surface area contributed by atoms with E-state index >= 15 is 0 Å². The third kappa shape index (κ3) is 2.33. The number of aryl methyl sites for hydroxylation is 1. The van der Waals surface area contributed by atoms with Gasteiger partial charge in [0.25, 0.3) is 0 Å². The Morgan fingerprint density at radius 3 is 2.73 bits per heavy atom. The van der Waals surface area contributed by atoms with Crippen molar-refractivity contribution in [2.45, 2.75) is 6.92 Å². The zero-order valence-corrected chi connectivity index (χ0v) is 10.4. The van der Waals surface area contributed by atoms with Crippen LogP contribution in [0.1, 0.15) is 21.5 Å². The summed E-state index contributed by atoms with van der Waals surface area (Å²) in [6.45, 7) is 1.92. The first kappa shape index (κ1) is 10.5. The van der Waals surface area contributed by atoms with Crippen LogP contribution in [-0.4, -0.2) is 10.8 Å². The number of carbonyl (C=O) groups excluding carboxylic acids is 1. The summed E-state index contributed by atoms with van der Waals surface area (Å²) < 4.78 is 0.964. The molecule has 0 atom stereocenters. The van der Waals surface area contributed by atoms with Crippen molar-refractivity contribution in [2.75, 3.05) is 0 Å². The van der Waals surface area contributed by atoms with E-state index in [0.717, 1.165) is 9.35 Å². The molecule has 0 aliphatic rings. The van der Waals surface area contributed by atoms with E-state index in [2.05, 4.69) is 20.9 Å². The lowest BCUT2D eigenvalue weighted by atomic mass is 10.1. The molecule has 0 aliphatic heterocycles. The molecular weight excluding hydrogens is 274 g/mol. The molecule has 0 fully saturated rings. The second-order valence-electron chi connectivity index (χ2n) is 3.22. The summed E-state index contributed by atoms with van der Waals surface area (Å²) in [5.74, 6) is 0.0214. The zero-order valence-electron chi connectivity index (χ0n) is 8.03. The Hall–Kier alpha value is -1.00. The molecule has 2 aromatic heterocycles. The molecule has 0 saturated heterocycles. The van der Waals surface area contributed by atoms with Crippen LogP contribution in [0, 0.1) is 6.92 Å². The molecule has 0 bridgehead atoms. The van der Waals surface area contributed by atoms with Crippen molar-refractivity contribution in [3.05, 3.63) is 50.4 Å². The third-order valence-electron chi connectivity index (χ3n) is 1.97. The number of hydrogen-bond donors (Lipinski definition) is 0. The van der Waals surface area contributed by atoms with Gasteiger partial charge in [0.05, 0.1) is 3.79 Å². The van der Waals surface area contributed by atoms with Crippen molar-refractivity contribution in [1.29, 1.82) is 0 Å². The van der Waals surface area contributed by atoms with Gasteiger partial charge in [0, 0.05) is 28.9 Å². The number of halogens is 1. The number of rotatable bonds is 2. The molecule has 0 spiro atoms. The molecule has 15 heavy (non-hydrogen) atoms. The van der Waals surface area contributed by atoms with Gasteiger partial charge in [0.2, 0.25) is 0 Å². The van der Waals surface area contributed by atoms with Crippen LogP contribution < -0.4 is 0 Å². The molecule has 0 aromatic carbocycles. The van der Waals surface area contributed by atoms with Crippen molar-refractivity contribution < 1.29 is 4.79 Å². The van der Waals surface area contributed by atoms with Crippen molar-refractivity contribution in [2.24, 2.45) is 0 Å². The van der Waals surface area contributed by atoms with Gasteiger partial charge >= 0.3 is 0 Å². The Morgan fingerprint density at radius 1 is 1.33 bits per heavy atom. The minimum absolute atomic E-state index is 0.0214. The van der Waals surface area contributed by atoms with Gasteiger partial charge in [0.1, 0.15) is 0 Å². The molecule has 0 N–H and O–H groups in total. The summed E-state index contributed by atoms with van der Waals surface area (Å²) in [4.78, 5) is 16.0. The van der Waals surface area contributed by atoms with Crippen LogP contribution >= 0.6 is 27.3 Å². The Morgan fingerprint density at radius 2 is 2.13 bits per heavy atom. The molecule has 76 valence electrons. The summed E-state index contributed by atoms with van der Waals surface area (Å²) in [6.07, 6.45) is 3.33. The molecule has 2 aromatic rings. The summed E-state index contributed by atoms with van der Waals surface area (Å²) in [5, 5.41) is 1.84. The highest BCUT2D eigenvalue weighted by Crippen LogP contribution is 2.22. The Bertz CT molecular complexity index is 507. The predicted octanol–water partition coefficient (Wildman–Crippen LogP) is 3.45. The van der Waals surface area contributed by atoms with Crippen LogP contribution in [0.3, 0.4) is 0 Å². The van der Waals surface area contributed by atoms with E-state index < -0.39 is 0 Å². The molecule has 2 nitrogen and oxygen atoms in total. The highest BCUT2D eigenvalue weighted by molar-refractivity contribution is 9.11.